The van der Waals surface area contributed by atoms with Gasteiger partial charge in [-0.3, -0.25) is 0 Å². The summed E-state index contributed by atoms with van der Waals surface area (Å²) in [6, 6.07) is 16.5. The second kappa shape index (κ2) is 8.84. The third-order valence-corrected chi connectivity index (χ3v) is 5.24. The van der Waals surface area contributed by atoms with Gasteiger partial charge in [0.15, 0.2) is 0 Å². The summed E-state index contributed by atoms with van der Waals surface area (Å²) in [5, 5.41) is 1.04. The average Bonchev–Trinajstić information content (AvgIpc) is 3.05. The normalized spacial score (nSPS) is 11.0. The maximum Gasteiger partial charge on any atom is 0.129 e. The van der Waals surface area contributed by atoms with Gasteiger partial charge in [-0.2, -0.15) is 0 Å². The van der Waals surface area contributed by atoms with Crippen LogP contribution in [0.4, 0.5) is 0 Å². The summed E-state index contributed by atoms with van der Waals surface area (Å²) in [5.41, 5.74) is 2.16. The van der Waals surface area contributed by atoms with Crippen LogP contribution in [0.3, 0.4) is 0 Å². The van der Waals surface area contributed by atoms with E-state index in [0.29, 0.717) is 0 Å². The quantitative estimate of drug-likeness (QED) is 0.404. The van der Waals surface area contributed by atoms with E-state index in [4.69, 9.17) is 9.72 Å². The van der Waals surface area contributed by atoms with Crippen LogP contribution in [0.25, 0.3) is 20.8 Å². The van der Waals surface area contributed by atoms with Crippen LogP contribution < -0.4 is 4.74 Å². The number of rotatable bonds is 9. The molecule has 0 bridgehead atoms. The average molecular weight is 340 g/mol. The summed E-state index contributed by atoms with van der Waals surface area (Å²) in [6.45, 7) is 3.04. The number of fused-ring (bicyclic) bond motifs is 1. The number of thiazole rings is 1. The van der Waals surface area contributed by atoms with Gasteiger partial charge in [-0.05, 0) is 30.7 Å². The summed E-state index contributed by atoms with van der Waals surface area (Å²) in [5.74, 6) is 0.949. The zero-order valence-corrected chi connectivity index (χ0v) is 15.1. The molecule has 0 saturated carbocycles. The van der Waals surface area contributed by atoms with Crippen molar-refractivity contribution in [3.63, 3.8) is 0 Å². The third-order valence-electron chi connectivity index (χ3n) is 4.17. The van der Waals surface area contributed by atoms with Crippen molar-refractivity contribution in [3.05, 3.63) is 48.5 Å². The molecule has 3 heteroatoms. The van der Waals surface area contributed by atoms with E-state index in [-0.39, 0.29) is 0 Å². The fourth-order valence-corrected chi connectivity index (χ4v) is 3.82. The number of benzene rings is 2. The zero-order chi connectivity index (χ0) is 16.6. The minimum Gasteiger partial charge on any atom is -0.493 e. The van der Waals surface area contributed by atoms with Crippen LogP contribution in [0.5, 0.6) is 5.75 Å². The molecule has 24 heavy (non-hydrogen) atoms. The van der Waals surface area contributed by atoms with Crippen LogP contribution in [-0.2, 0) is 0 Å². The van der Waals surface area contributed by atoms with Crippen LogP contribution >= 0.6 is 11.3 Å². The number of unbranched alkanes of at least 4 members (excludes halogenated alkanes) is 5. The molecule has 2 nitrogen and oxygen atoms in total. The first-order chi connectivity index (χ1) is 11.9. The Balaban J connectivity index is 1.63. The van der Waals surface area contributed by atoms with Crippen LogP contribution in [-0.4, -0.2) is 11.6 Å². The summed E-state index contributed by atoms with van der Waals surface area (Å²) >= 11 is 1.73. The Bertz CT molecular complexity index is 732. The molecular weight excluding hydrogens is 314 g/mol. The summed E-state index contributed by atoms with van der Waals surface area (Å²) < 4.78 is 7.28. The first kappa shape index (κ1) is 17.0. The van der Waals surface area contributed by atoms with E-state index < -0.39 is 0 Å². The summed E-state index contributed by atoms with van der Waals surface area (Å²) in [6.07, 6.45) is 7.68. The van der Waals surface area contributed by atoms with Crippen molar-refractivity contribution in [2.45, 2.75) is 45.4 Å². The van der Waals surface area contributed by atoms with Crippen molar-refractivity contribution >= 4 is 21.6 Å². The lowest BCUT2D eigenvalue weighted by Gasteiger charge is -2.09. The number of ether oxygens (including phenoxy) is 1. The number of hydrogen-bond donors (Lipinski definition) is 0. The van der Waals surface area contributed by atoms with E-state index in [0.717, 1.165) is 34.9 Å². The molecule has 0 N–H and O–H groups in total. The highest BCUT2D eigenvalue weighted by atomic mass is 32.1. The number of aromatic nitrogens is 1. The van der Waals surface area contributed by atoms with Gasteiger partial charge in [-0.25, -0.2) is 4.98 Å². The number of nitrogens with zero attached hydrogens (tertiary/aromatic N) is 1. The highest BCUT2D eigenvalue weighted by Gasteiger charge is 2.10. The minimum absolute atomic E-state index is 0.786. The Labute approximate surface area is 148 Å². The van der Waals surface area contributed by atoms with Crippen LogP contribution in [0, 0.1) is 0 Å². The molecule has 1 heterocycles. The van der Waals surface area contributed by atoms with Crippen molar-refractivity contribution < 1.29 is 4.74 Å². The van der Waals surface area contributed by atoms with Crippen molar-refractivity contribution in [2.75, 3.05) is 6.61 Å². The van der Waals surface area contributed by atoms with Crippen molar-refractivity contribution in [3.8, 4) is 16.3 Å². The second-order valence-electron chi connectivity index (χ2n) is 6.10. The summed E-state index contributed by atoms with van der Waals surface area (Å²) in [4.78, 5) is 4.76. The van der Waals surface area contributed by atoms with Crippen molar-refractivity contribution in [2.24, 2.45) is 0 Å². The van der Waals surface area contributed by atoms with Crippen LogP contribution in [0.15, 0.2) is 48.5 Å². The molecule has 0 atom stereocenters. The standard InChI is InChI=1S/C21H25NOS/c1-2-3-4-5-6-11-16-23-19-14-9-7-12-17(19)21-22-18-13-8-10-15-20(18)24-21/h7-10,12-15H,2-6,11,16H2,1H3. The van der Waals surface area contributed by atoms with E-state index >= 15 is 0 Å². The molecule has 1 aromatic heterocycles. The lowest BCUT2D eigenvalue weighted by atomic mass is 10.1. The molecule has 3 aromatic rings. The maximum absolute atomic E-state index is 6.06. The molecule has 0 spiro atoms. The van der Waals surface area contributed by atoms with Gasteiger partial charge < -0.3 is 4.74 Å². The predicted molar refractivity (Wildman–Crippen MR) is 104 cm³/mol. The van der Waals surface area contributed by atoms with E-state index in [1.54, 1.807) is 11.3 Å². The van der Waals surface area contributed by atoms with Gasteiger partial charge >= 0.3 is 0 Å². The molecule has 0 amide bonds. The highest BCUT2D eigenvalue weighted by molar-refractivity contribution is 7.21. The lowest BCUT2D eigenvalue weighted by Crippen LogP contribution is -1.98. The number of hydrogen-bond acceptors (Lipinski definition) is 3. The molecule has 0 aliphatic rings. The van der Waals surface area contributed by atoms with Crippen LogP contribution in [0.2, 0.25) is 0 Å². The molecule has 3 rings (SSSR count). The molecule has 0 unspecified atom stereocenters. The minimum atomic E-state index is 0.786. The highest BCUT2D eigenvalue weighted by Crippen LogP contribution is 2.35. The van der Waals surface area contributed by atoms with Gasteiger partial charge in [0.2, 0.25) is 0 Å². The maximum atomic E-state index is 6.06. The second-order valence-corrected chi connectivity index (χ2v) is 7.13. The molecule has 0 fully saturated rings. The van der Waals surface area contributed by atoms with Gasteiger partial charge in [0.25, 0.3) is 0 Å². The van der Waals surface area contributed by atoms with Crippen molar-refractivity contribution in [1.29, 1.82) is 0 Å². The van der Waals surface area contributed by atoms with Gasteiger partial charge in [-0.15, -0.1) is 11.3 Å². The van der Waals surface area contributed by atoms with E-state index in [9.17, 15) is 0 Å². The van der Waals surface area contributed by atoms with E-state index in [1.165, 1.54) is 36.8 Å². The zero-order valence-electron chi connectivity index (χ0n) is 14.3. The van der Waals surface area contributed by atoms with Gasteiger partial charge in [-0.1, -0.05) is 63.3 Å². The Morgan fingerprint density at radius 2 is 1.62 bits per heavy atom. The monoisotopic (exact) mass is 339 g/mol. The van der Waals surface area contributed by atoms with E-state index in [2.05, 4.69) is 43.3 Å². The third kappa shape index (κ3) is 4.35. The fraction of sp³-hybridized carbons (Fsp3) is 0.381. The van der Waals surface area contributed by atoms with Crippen molar-refractivity contribution in [1.82, 2.24) is 4.98 Å². The molecular formula is C21H25NOS. The predicted octanol–water partition coefficient (Wildman–Crippen LogP) is 6.70. The Morgan fingerprint density at radius 3 is 2.50 bits per heavy atom. The lowest BCUT2D eigenvalue weighted by molar-refractivity contribution is 0.305. The molecule has 0 aliphatic heterocycles. The largest absolute Gasteiger partial charge is 0.493 e. The molecule has 2 aromatic carbocycles. The van der Waals surface area contributed by atoms with Crippen LogP contribution in [0.1, 0.15) is 45.4 Å². The summed E-state index contributed by atoms with van der Waals surface area (Å²) in [7, 11) is 0. The molecule has 0 radical (unpaired) electrons. The molecule has 0 saturated heterocycles. The Hall–Kier alpha value is -1.87. The first-order valence-corrected chi connectivity index (χ1v) is 9.78. The Kier molecular flexibility index (Phi) is 6.25. The fourth-order valence-electron chi connectivity index (χ4n) is 2.82. The number of para-hydroxylation sites is 2. The molecule has 126 valence electrons. The Morgan fingerprint density at radius 1 is 0.875 bits per heavy atom. The molecule has 0 aliphatic carbocycles. The topological polar surface area (TPSA) is 22.1 Å². The van der Waals surface area contributed by atoms with Gasteiger partial charge in [0.05, 0.1) is 22.4 Å². The van der Waals surface area contributed by atoms with Gasteiger partial charge in [0, 0.05) is 0 Å². The SMILES string of the molecule is CCCCCCCCOc1ccccc1-c1nc2ccccc2s1. The smallest absolute Gasteiger partial charge is 0.129 e. The first-order valence-electron chi connectivity index (χ1n) is 8.96. The van der Waals surface area contributed by atoms with E-state index in [1.807, 2.05) is 12.1 Å². The van der Waals surface area contributed by atoms with Gasteiger partial charge in [0.1, 0.15) is 10.8 Å².